The van der Waals surface area contributed by atoms with Gasteiger partial charge in [0.2, 0.25) is 0 Å². The van der Waals surface area contributed by atoms with Crippen LogP contribution in [0.1, 0.15) is 44.6 Å². The van der Waals surface area contributed by atoms with Crippen molar-refractivity contribution in [2.45, 2.75) is 45.1 Å². The van der Waals surface area contributed by atoms with Crippen LogP contribution in [0, 0.1) is 5.82 Å². The first-order chi connectivity index (χ1) is 13.6. The Kier molecular flexibility index (Phi) is 5.57. The molecule has 0 radical (unpaired) electrons. The minimum Gasteiger partial charge on any atom is -0.283 e. The number of thioether (sulfide) groups is 1. The van der Waals surface area contributed by atoms with Gasteiger partial charge >= 0.3 is 0 Å². The molecule has 1 aliphatic heterocycles. The van der Waals surface area contributed by atoms with Crippen LogP contribution in [0.5, 0.6) is 0 Å². The maximum absolute atomic E-state index is 13.4. The highest BCUT2D eigenvalue weighted by molar-refractivity contribution is 8.18. The SMILES string of the molecule is C/C(=C1/S/C(=N/c2ccccn2)N(C2CCCCC2)C1=O)c1ccc(F)cc1. The molecule has 2 heterocycles. The summed E-state index contributed by atoms with van der Waals surface area (Å²) in [5.41, 5.74) is 1.70. The second-order valence-electron chi connectivity index (χ2n) is 7.11. The first-order valence-corrected chi connectivity index (χ1v) is 10.4. The van der Waals surface area contributed by atoms with Crippen molar-refractivity contribution in [3.05, 3.63) is 64.9 Å². The Morgan fingerprint density at radius 1 is 1.14 bits per heavy atom. The Hall–Kier alpha value is -2.47. The number of halogens is 1. The molecule has 2 aliphatic rings. The number of aliphatic imine (C=N–C) groups is 1. The summed E-state index contributed by atoms with van der Waals surface area (Å²) in [6.07, 6.45) is 7.17. The number of hydrogen-bond donors (Lipinski definition) is 0. The molecule has 6 heteroatoms. The normalized spacial score (nSPS) is 21.4. The molecule has 2 fully saturated rings. The minimum atomic E-state index is -0.284. The molecule has 1 aromatic carbocycles. The second kappa shape index (κ2) is 8.27. The van der Waals surface area contributed by atoms with E-state index in [1.807, 2.05) is 30.0 Å². The maximum Gasteiger partial charge on any atom is 0.267 e. The molecule has 1 aliphatic carbocycles. The number of benzene rings is 1. The zero-order valence-electron chi connectivity index (χ0n) is 15.8. The molecule has 2 aromatic rings. The van der Waals surface area contributed by atoms with Crippen molar-refractivity contribution in [3.63, 3.8) is 0 Å². The van der Waals surface area contributed by atoms with Crippen molar-refractivity contribution in [2.24, 2.45) is 4.99 Å². The van der Waals surface area contributed by atoms with Crippen molar-refractivity contribution in [2.75, 3.05) is 0 Å². The molecule has 1 saturated heterocycles. The van der Waals surface area contributed by atoms with E-state index in [1.54, 1.807) is 18.3 Å². The van der Waals surface area contributed by atoms with Gasteiger partial charge in [-0.15, -0.1) is 0 Å². The second-order valence-corrected chi connectivity index (χ2v) is 8.09. The predicted octanol–water partition coefficient (Wildman–Crippen LogP) is 5.55. The number of hydrogen-bond acceptors (Lipinski definition) is 4. The first-order valence-electron chi connectivity index (χ1n) is 9.61. The van der Waals surface area contributed by atoms with E-state index in [2.05, 4.69) is 9.98 Å². The number of carbonyl (C=O) groups excluding carboxylic acids is 1. The van der Waals surface area contributed by atoms with Crippen LogP contribution in [0.2, 0.25) is 0 Å². The van der Waals surface area contributed by atoms with Gasteiger partial charge in [0, 0.05) is 12.2 Å². The molecule has 28 heavy (non-hydrogen) atoms. The van der Waals surface area contributed by atoms with E-state index in [9.17, 15) is 9.18 Å². The fraction of sp³-hybridized carbons (Fsp3) is 0.318. The summed E-state index contributed by atoms with van der Waals surface area (Å²) in [6.45, 7) is 1.91. The van der Waals surface area contributed by atoms with Crippen molar-refractivity contribution in [1.29, 1.82) is 0 Å². The standard InChI is InChI=1S/C22H22FN3OS/c1-15(16-10-12-17(23)13-11-16)20-21(27)26(18-7-3-2-4-8-18)22(28-20)25-19-9-5-6-14-24-19/h5-6,9-14,18H,2-4,7-8H2,1H3/b20-15-,25-22+. The van der Waals surface area contributed by atoms with E-state index in [0.717, 1.165) is 36.8 Å². The van der Waals surface area contributed by atoms with Crippen molar-refractivity contribution in [1.82, 2.24) is 9.88 Å². The van der Waals surface area contributed by atoms with E-state index < -0.39 is 0 Å². The molecular formula is C22H22FN3OS. The molecule has 0 bridgehead atoms. The quantitative estimate of drug-likeness (QED) is 0.640. The van der Waals surface area contributed by atoms with Crippen molar-refractivity contribution >= 4 is 34.2 Å². The third-order valence-electron chi connectivity index (χ3n) is 5.23. The average molecular weight is 396 g/mol. The lowest BCUT2D eigenvalue weighted by atomic mass is 9.94. The van der Waals surface area contributed by atoms with Crippen LogP contribution in [0.3, 0.4) is 0 Å². The van der Waals surface area contributed by atoms with Gasteiger partial charge in [-0.3, -0.25) is 9.69 Å². The largest absolute Gasteiger partial charge is 0.283 e. The number of rotatable bonds is 3. The summed E-state index contributed by atoms with van der Waals surface area (Å²) in [5.74, 6) is 0.306. The van der Waals surface area contributed by atoms with Crippen LogP contribution in [-0.2, 0) is 4.79 Å². The molecule has 0 atom stereocenters. The molecule has 4 nitrogen and oxygen atoms in total. The molecule has 0 spiro atoms. The van der Waals surface area contributed by atoms with Gasteiger partial charge in [0.05, 0.1) is 4.91 Å². The van der Waals surface area contributed by atoms with Gasteiger partial charge in [-0.1, -0.05) is 37.5 Å². The van der Waals surface area contributed by atoms with Crippen LogP contribution in [0.25, 0.3) is 5.57 Å². The van der Waals surface area contributed by atoms with Crippen LogP contribution < -0.4 is 0 Å². The summed E-state index contributed by atoms with van der Waals surface area (Å²) in [4.78, 5) is 24.9. The fourth-order valence-electron chi connectivity index (χ4n) is 3.70. The zero-order valence-corrected chi connectivity index (χ0v) is 16.6. The molecular weight excluding hydrogens is 373 g/mol. The van der Waals surface area contributed by atoms with Gasteiger partial charge in [0.1, 0.15) is 5.82 Å². The monoisotopic (exact) mass is 395 g/mol. The van der Waals surface area contributed by atoms with Crippen molar-refractivity contribution in [3.8, 4) is 0 Å². The van der Waals surface area contributed by atoms with E-state index in [1.165, 1.54) is 30.3 Å². The van der Waals surface area contributed by atoms with E-state index in [4.69, 9.17) is 0 Å². The summed E-state index contributed by atoms with van der Waals surface area (Å²) in [6, 6.07) is 12.0. The molecule has 1 amide bonds. The van der Waals surface area contributed by atoms with Crippen LogP contribution in [0.4, 0.5) is 10.2 Å². The maximum atomic E-state index is 13.4. The van der Waals surface area contributed by atoms with Gasteiger partial charge in [0.15, 0.2) is 11.0 Å². The lowest BCUT2D eigenvalue weighted by molar-refractivity contribution is -0.124. The Balaban J connectivity index is 1.74. The van der Waals surface area contributed by atoms with Crippen LogP contribution in [-0.4, -0.2) is 27.0 Å². The number of aromatic nitrogens is 1. The molecule has 1 saturated carbocycles. The smallest absolute Gasteiger partial charge is 0.267 e. The first kappa shape index (κ1) is 18.9. The van der Waals surface area contributed by atoms with Crippen molar-refractivity contribution < 1.29 is 9.18 Å². The third kappa shape index (κ3) is 3.87. The summed E-state index contributed by atoms with van der Waals surface area (Å²) >= 11 is 1.39. The zero-order chi connectivity index (χ0) is 19.5. The van der Waals surface area contributed by atoms with E-state index in [0.29, 0.717) is 15.9 Å². The number of amides is 1. The molecule has 1 aromatic heterocycles. The topological polar surface area (TPSA) is 45.6 Å². The van der Waals surface area contributed by atoms with Gasteiger partial charge in [-0.05, 0) is 66.9 Å². The lowest BCUT2D eigenvalue weighted by Gasteiger charge is -2.30. The Morgan fingerprint density at radius 2 is 1.89 bits per heavy atom. The van der Waals surface area contributed by atoms with E-state index in [-0.39, 0.29) is 17.8 Å². The summed E-state index contributed by atoms with van der Waals surface area (Å²) < 4.78 is 13.3. The summed E-state index contributed by atoms with van der Waals surface area (Å²) in [7, 11) is 0. The summed E-state index contributed by atoms with van der Waals surface area (Å²) in [5, 5.41) is 0.687. The average Bonchev–Trinajstić information content (AvgIpc) is 3.05. The number of carbonyl (C=O) groups is 1. The molecule has 4 rings (SSSR count). The molecule has 144 valence electrons. The lowest BCUT2D eigenvalue weighted by Crippen LogP contribution is -2.40. The van der Waals surface area contributed by atoms with Gasteiger partial charge in [0.25, 0.3) is 5.91 Å². The number of pyridine rings is 1. The molecule has 0 N–H and O–H groups in total. The fourth-order valence-corrected chi connectivity index (χ4v) is 4.81. The minimum absolute atomic E-state index is 0.00611. The number of nitrogens with zero attached hydrogens (tertiary/aromatic N) is 3. The highest BCUT2D eigenvalue weighted by Crippen LogP contribution is 2.40. The third-order valence-corrected chi connectivity index (χ3v) is 6.39. The van der Waals surface area contributed by atoms with Gasteiger partial charge < -0.3 is 0 Å². The Bertz CT molecular complexity index is 919. The highest BCUT2D eigenvalue weighted by Gasteiger charge is 2.39. The Morgan fingerprint density at radius 3 is 2.57 bits per heavy atom. The van der Waals surface area contributed by atoms with Gasteiger partial charge in [-0.2, -0.15) is 0 Å². The van der Waals surface area contributed by atoms with Gasteiger partial charge in [-0.25, -0.2) is 14.4 Å². The van der Waals surface area contributed by atoms with Crippen LogP contribution in [0.15, 0.2) is 58.6 Å². The highest BCUT2D eigenvalue weighted by atomic mass is 32.2. The Labute approximate surface area is 168 Å². The number of allylic oxidation sites excluding steroid dienone is 1. The predicted molar refractivity (Wildman–Crippen MR) is 112 cm³/mol. The van der Waals surface area contributed by atoms with E-state index >= 15 is 0 Å². The molecule has 0 unspecified atom stereocenters. The van der Waals surface area contributed by atoms with Crippen LogP contribution >= 0.6 is 11.8 Å². The number of amidine groups is 1.